The lowest BCUT2D eigenvalue weighted by Gasteiger charge is -2.17. The zero-order valence-electron chi connectivity index (χ0n) is 11.7. The number of hydrogen-bond acceptors (Lipinski definition) is 4. The molecule has 0 atom stereocenters. The summed E-state index contributed by atoms with van der Waals surface area (Å²) in [4.78, 5) is 0.0795. The quantitative estimate of drug-likeness (QED) is 0.941. The van der Waals surface area contributed by atoms with Gasteiger partial charge in [-0.15, -0.1) is 0 Å². The Morgan fingerprint density at radius 1 is 1.24 bits per heavy atom. The number of halogens is 1. The molecule has 2 aromatic rings. The first-order chi connectivity index (χ1) is 9.84. The van der Waals surface area contributed by atoms with Gasteiger partial charge in [0.05, 0.1) is 5.54 Å². The van der Waals surface area contributed by atoms with Crippen LogP contribution in [0.4, 0.5) is 4.39 Å². The average molecular weight is 310 g/mol. The Labute approximate surface area is 122 Å². The molecule has 0 spiro atoms. The summed E-state index contributed by atoms with van der Waals surface area (Å²) in [5, 5.41) is 3.67. The number of nitrogens with one attached hydrogen (secondary N) is 1. The Bertz CT molecular complexity index is 758. The Morgan fingerprint density at radius 2 is 1.86 bits per heavy atom. The minimum atomic E-state index is -3.73. The van der Waals surface area contributed by atoms with E-state index in [1.165, 1.54) is 12.1 Å². The van der Waals surface area contributed by atoms with Crippen molar-refractivity contribution in [1.29, 1.82) is 0 Å². The van der Waals surface area contributed by atoms with Crippen LogP contribution >= 0.6 is 0 Å². The number of nitrogens with zero attached hydrogens (tertiary/aromatic N) is 1. The maximum absolute atomic E-state index is 13.0. The highest BCUT2D eigenvalue weighted by Gasteiger charge is 2.48. The first-order valence-electron chi connectivity index (χ1n) is 6.57. The molecule has 0 bridgehead atoms. The molecule has 3 rings (SSSR count). The van der Waals surface area contributed by atoms with E-state index in [2.05, 4.69) is 9.88 Å². The van der Waals surface area contributed by atoms with E-state index in [1.54, 1.807) is 26.0 Å². The standard InChI is InChI=1S/C14H15FN2O3S/c1-9-13(10(2)20-16-9)21(18,19)17-14(7-8-14)11-3-5-12(15)6-4-11/h3-6,17H,7-8H2,1-2H3. The lowest BCUT2D eigenvalue weighted by atomic mass is 10.1. The summed E-state index contributed by atoms with van der Waals surface area (Å²) in [6.45, 7) is 3.15. The fourth-order valence-corrected chi connectivity index (χ4v) is 4.29. The van der Waals surface area contributed by atoms with Crippen LogP contribution in [-0.4, -0.2) is 13.6 Å². The normalized spacial score (nSPS) is 16.9. The Hall–Kier alpha value is -1.73. The van der Waals surface area contributed by atoms with Crippen LogP contribution in [0.3, 0.4) is 0 Å². The molecule has 1 aliphatic carbocycles. The second-order valence-electron chi connectivity index (χ2n) is 5.35. The lowest BCUT2D eigenvalue weighted by molar-refractivity contribution is 0.390. The molecule has 0 amide bonds. The van der Waals surface area contributed by atoms with E-state index in [1.807, 2.05) is 0 Å². The van der Waals surface area contributed by atoms with Gasteiger partial charge in [-0.1, -0.05) is 17.3 Å². The Kier molecular flexibility index (Phi) is 3.14. The van der Waals surface area contributed by atoms with E-state index in [0.717, 1.165) is 5.56 Å². The van der Waals surface area contributed by atoms with E-state index in [0.29, 0.717) is 18.5 Å². The zero-order chi connectivity index (χ0) is 15.3. The summed E-state index contributed by atoms with van der Waals surface area (Å²) in [6.07, 6.45) is 1.36. The van der Waals surface area contributed by atoms with E-state index in [4.69, 9.17) is 4.52 Å². The van der Waals surface area contributed by atoms with Gasteiger partial charge in [-0.25, -0.2) is 17.5 Å². The van der Waals surface area contributed by atoms with Crippen LogP contribution in [0.5, 0.6) is 0 Å². The summed E-state index contributed by atoms with van der Waals surface area (Å²) in [7, 11) is -3.73. The van der Waals surface area contributed by atoms with Gasteiger partial charge in [-0.2, -0.15) is 0 Å². The van der Waals surface area contributed by atoms with Gasteiger partial charge in [-0.05, 0) is 44.4 Å². The van der Waals surface area contributed by atoms with Gasteiger partial charge in [0.15, 0.2) is 5.76 Å². The molecular weight excluding hydrogens is 295 g/mol. The SMILES string of the molecule is Cc1noc(C)c1S(=O)(=O)NC1(c2ccc(F)cc2)CC1. The Balaban J connectivity index is 1.94. The van der Waals surface area contributed by atoms with Crippen molar-refractivity contribution in [2.24, 2.45) is 0 Å². The van der Waals surface area contributed by atoms with Crippen LogP contribution in [-0.2, 0) is 15.6 Å². The molecule has 21 heavy (non-hydrogen) atoms. The highest BCUT2D eigenvalue weighted by Crippen LogP contribution is 2.46. The van der Waals surface area contributed by atoms with Crippen LogP contribution in [0.2, 0.25) is 0 Å². The van der Waals surface area contributed by atoms with Crippen LogP contribution in [0, 0.1) is 19.7 Å². The number of aryl methyl sites for hydroxylation is 2. The second-order valence-corrected chi connectivity index (χ2v) is 6.97. The van der Waals surface area contributed by atoms with Crippen LogP contribution in [0.25, 0.3) is 0 Å². The van der Waals surface area contributed by atoms with Gasteiger partial charge in [0, 0.05) is 0 Å². The molecule has 0 aliphatic heterocycles. The molecule has 7 heteroatoms. The van der Waals surface area contributed by atoms with Crippen LogP contribution < -0.4 is 4.72 Å². The van der Waals surface area contributed by atoms with Crippen molar-refractivity contribution >= 4 is 10.0 Å². The van der Waals surface area contributed by atoms with Crippen molar-refractivity contribution in [1.82, 2.24) is 9.88 Å². The van der Waals surface area contributed by atoms with E-state index < -0.39 is 15.6 Å². The fraction of sp³-hybridized carbons (Fsp3) is 0.357. The topological polar surface area (TPSA) is 72.2 Å². The highest BCUT2D eigenvalue weighted by atomic mass is 32.2. The number of rotatable bonds is 4. The maximum Gasteiger partial charge on any atom is 0.246 e. The van der Waals surface area contributed by atoms with Gasteiger partial charge < -0.3 is 4.52 Å². The first kappa shape index (κ1) is 14.2. The van der Waals surface area contributed by atoms with Crippen LogP contribution in [0.15, 0.2) is 33.7 Å². The average Bonchev–Trinajstić information content (AvgIpc) is 3.08. The summed E-state index contributed by atoms with van der Waals surface area (Å²) < 4.78 is 45.7. The smallest absolute Gasteiger partial charge is 0.246 e. The molecule has 1 aromatic carbocycles. The third kappa shape index (κ3) is 2.47. The molecule has 5 nitrogen and oxygen atoms in total. The van der Waals surface area contributed by atoms with Crippen molar-refractivity contribution in [2.45, 2.75) is 37.1 Å². The molecule has 1 fully saturated rings. The summed E-state index contributed by atoms with van der Waals surface area (Å²) in [5.41, 5.74) is 0.442. The Morgan fingerprint density at radius 3 is 2.33 bits per heavy atom. The minimum Gasteiger partial charge on any atom is -0.360 e. The monoisotopic (exact) mass is 310 g/mol. The molecule has 1 heterocycles. The predicted octanol–water partition coefficient (Wildman–Crippen LogP) is 2.40. The summed E-state index contributed by atoms with van der Waals surface area (Å²) in [5.74, 6) is -0.0852. The van der Waals surface area contributed by atoms with Crippen molar-refractivity contribution in [3.8, 4) is 0 Å². The van der Waals surface area contributed by atoms with Crippen LogP contribution in [0.1, 0.15) is 29.9 Å². The van der Waals surface area contributed by atoms with E-state index >= 15 is 0 Å². The number of benzene rings is 1. The van der Waals surface area contributed by atoms with Crippen molar-refractivity contribution < 1.29 is 17.3 Å². The molecule has 0 radical (unpaired) electrons. The zero-order valence-corrected chi connectivity index (χ0v) is 12.5. The van der Waals surface area contributed by atoms with Gasteiger partial charge >= 0.3 is 0 Å². The van der Waals surface area contributed by atoms with Gasteiger partial charge in [0.1, 0.15) is 16.4 Å². The molecule has 1 aromatic heterocycles. The molecule has 1 N–H and O–H groups in total. The van der Waals surface area contributed by atoms with E-state index in [9.17, 15) is 12.8 Å². The summed E-state index contributed by atoms with van der Waals surface area (Å²) >= 11 is 0. The molecule has 112 valence electrons. The highest BCUT2D eigenvalue weighted by molar-refractivity contribution is 7.89. The molecule has 0 unspecified atom stereocenters. The van der Waals surface area contributed by atoms with Gasteiger partial charge in [0.2, 0.25) is 10.0 Å². The lowest BCUT2D eigenvalue weighted by Crippen LogP contribution is -2.35. The van der Waals surface area contributed by atoms with Gasteiger partial charge in [0.25, 0.3) is 0 Å². The number of aromatic nitrogens is 1. The molecular formula is C14H15FN2O3S. The number of hydrogen-bond donors (Lipinski definition) is 1. The van der Waals surface area contributed by atoms with Gasteiger partial charge in [-0.3, -0.25) is 0 Å². The van der Waals surface area contributed by atoms with Crippen molar-refractivity contribution in [3.63, 3.8) is 0 Å². The van der Waals surface area contributed by atoms with Crippen molar-refractivity contribution in [3.05, 3.63) is 47.1 Å². The third-order valence-corrected chi connectivity index (χ3v) is 5.49. The third-order valence-electron chi connectivity index (χ3n) is 3.71. The molecule has 0 saturated heterocycles. The predicted molar refractivity (Wildman–Crippen MR) is 73.6 cm³/mol. The molecule has 1 aliphatic rings. The first-order valence-corrected chi connectivity index (χ1v) is 8.05. The summed E-state index contributed by atoms with van der Waals surface area (Å²) in [6, 6.07) is 5.88. The van der Waals surface area contributed by atoms with Crippen molar-refractivity contribution in [2.75, 3.05) is 0 Å². The maximum atomic E-state index is 13.0. The van der Waals surface area contributed by atoms with E-state index in [-0.39, 0.29) is 16.5 Å². The largest absolute Gasteiger partial charge is 0.360 e. The fourth-order valence-electron chi connectivity index (χ4n) is 2.51. The second kappa shape index (κ2) is 4.64. The number of sulfonamides is 1. The molecule has 1 saturated carbocycles. The minimum absolute atomic E-state index is 0.0795.